The third-order valence-electron chi connectivity index (χ3n) is 2.19. The Morgan fingerprint density at radius 2 is 2.10 bits per heavy atom. The van der Waals surface area contributed by atoms with Crippen LogP contribution < -0.4 is 0 Å². The number of aromatic carboxylic acids is 1. The van der Waals surface area contributed by atoms with E-state index in [1.807, 2.05) is 0 Å². The van der Waals surface area contributed by atoms with E-state index in [2.05, 4.69) is 0 Å². The van der Waals surface area contributed by atoms with Crippen LogP contribution in [0.15, 0.2) is 17.0 Å². The smallest absolute Gasteiger partial charge is 0.338 e. The van der Waals surface area contributed by atoms with Gasteiger partial charge in [-0.2, -0.15) is 0 Å². The first-order valence-corrected chi connectivity index (χ1v) is 8.18. The lowest BCUT2D eigenvalue weighted by Gasteiger charge is -2.05. The number of nitro benzene ring substituents is 1. The van der Waals surface area contributed by atoms with Crippen molar-refractivity contribution in [1.82, 2.24) is 0 Å². The number of nitrogens with zero attached hydrogens (tertiary/aromatic N) is 1. The Labute approximate surface area is 117 Å². The van der Waals surface area contributed by atoms with Crippen LogP contribution in [0.25, 0.3) is 0 Å². The molecule has 0 aromatic heterocycles. The lowest BCUT2D eigenvalue weighted by atomic mass is 10.2. The molecule has 1 aromatic rings. The number of nitro groups is 1. The molecule has 0 aliphatic carbocycles. The monoisotopic (exact) mass is 323 g/mol. The summed E-state index contributed by atoms with van der Waals surface area (Å²) in [7, 11) is -3.24. The van der Waals surface area contributed by atoms with E-state index in [0.717, 1.165) is 24.1 Å². The van der Waals surface area contributed by atoms with Gasteiger partial charge in [0.05, 0.1) is 15.6 Å². The maximum Gasteiger partial charge on any atom is 0.338 e. The van der Waals surface area contributed by atoms with E-state index >= 15 is 0 Å². The third kappa shape index (κ3) is 4.46. The van der Waals surface area contributed by atoms with Crippen LogP contribution in [0.2, 0.25) is 0 Å². The second-order valence-electron chi connectivity index (χ2n) is 3.84. The molecule has 110 valence electrons. The predicted octanol–water partition coefficient (Wildman–Crippen LogP) is 1.57. The molecule has 0 radical (unpaired) electrons. The van der Waals surface area contributed by atoms with Crippen molar-refractivity contribution >= 4 is 33.3 Å². The Bertz CT molecular complexity index is 658. The molecule has 0 atom stereocenters. The van der Waals surface area contributed by atoms with E-state index in [9.17, 15) is 27.7 Å². The third-order valence-corrected chi connectivity index (χ3v) is 4.44. The molecule has 0 saturated carbocycles. The van der Waals surface area contributed by atoms with Gasteiger partial charge >= 0.3 is 5.97 Å². The van der Waals surface area contributed by atoms with Gasteiger partial charge in [-0.3, -0.25) is 10.1 Å². The summed E-state index contributed by atoms with van der Waals surface area (Å²) in [5.41, 5.74) is -1.37. The predicted molar refractivity (Wildman–Crippen MR) is 70.4 cm³/mol. The molecule has 1 N–H and O–H groups in total. The molecule has 0 fully saturated rings. The highest BCUT2D eigenvalue weighted by molar-refractivity contribution is 8.00. The average Bonchev–Trinajstić information content (AvgIpc) is 2.26. The van der Waals surface area contributed by atoms with Crippen molar-refractivity contribution in [1.29, 1.82) is 0 Å². The summed E-state index contributed by atoms with van der Waals surface area (Å²) in [5.74, 6) is -2.94. The SMILES string of the molecule is CS(=O)(=O)CCSc1cc(F)c(C(=O)O)cc1[N+](=O)[O-]. The van der Waals surface area contributed by atoms with Crippen LogP contribution in [0.4, 0.5) is 10.1 Å². The summed E-state index contributed by atoms with van der Waals surface area (Å²) in [6, 6.07) is 1.36. The zero-order valence-electron chi connectivity index (χ0n) is 10.2. The lowest BCUT2D eigenvalue weighted by Crippen LogP contribution is -2.06. The minimum absolute atomic E-state index is 0.00549. The van der Waals surface area contributed by atoms with E-state index < -0.39 is 37.8 Å². The largest absolute Gasteiger partial charge is 0.478 e. The highest BCUT2D eigenvalue weighted by atomic mass is 32.2. The minimum Gasteiger partial charge on any atom is -0.478 e. The van der Waals surface area contributed by atoms with Crippen molar-refractivity contribution in [2.75, 3.05) is 17.8 Å². The van der Waals surface area contributed by atoms with Crippen LogP contribution in [0.3, 0.4) is 0 Å². The molecule has 7 nitrogen and oxygen atoms in total. The van der Waals surface area contributed by atoms with Gasteiger partial charge in [-0.15, -0.1) is 11.8 Å². The van der Waals surface area contributed by atoms with Gasteiger partial charge in [0.2, 0.25) is 0 Å². The van der Waals surface area contributed by atoms with Gasteiger partial charge in [0.1, 0.15) is 21.2 Å². The number of thioether (sulfide) groups is 1. The molecule has 0 saturated heterocycles. The van der Waals surface area contributed by atoms with Gasteiger partial charge in [-0.05, 0) is 6.07 Å². The Morgan fingerprint density at radius 1 is 1.50 bits per heavy atom. The van der Waals surface area contributed by atoms with E-state index in [1.165, 1.54) is 0 Å². The van der Waals surface area contributed by atoms with Crippen molar-refractivity contribution < 1.29 is 27.6 Å². The van der Waals surface area contributed by atoms with Crippen LogP contribution in [-0.4, -0.2) is 42.2 Å². The summed E-state index contributed by atoms with van der Waals surface area (Å²) in [6.07, 6.45) is 1.01. The molecule has 0 aliphatic rings. The number of sulfone groups is 1. The fraction of sp³-hybridized carbons (Fsp3) is 0.300. The molecule has 0 aliphatic heterocycles. The van der Waals surface area contributed by atoms with E-state index in [4.69, 9.17) is 5.11 Å². The van der Waals surface area contributed by atoms with Gasteiger partial charge in [0, 0.05) is 18.1 Å². The zero-order valence-corrected chi connectivity index (χ0v) is 11.8. The lowest BCUT2D eigenvalue weighted by molar-refractivity contribution is -0.387. The number of carbonyl (C=O) groups is 1. The highest BCUT2D eigenvalue weighted by Crippen LogP contribution is 2.31. The summed E-state index contributed by atoms with van der Waals surface area (Å²) >= 11 is 0.783. The number of benzene rings is 1. The van der Waals surface area contributed by atoms with Crippen LogP contribution in [0.5, 0.6) is 0 Å². The summed E-state index contributed by atoms with van der Waals surface area (Å²) in [6.45, 7) is 0. The first kappa shape index (κ1) is 16.4. The normalized spacial score (nSPS) is 11.3. The van der Waals surface area contributed by atoms with Crippen molar-refractivity contribution in [3.63, 3.8) is 0 Å². The van der Waals surface area contributed by atoms with Gasteiger partial charge in [-0.25, -0.2) is 17.6 Å². The molecule has 1 aromatic carbocycles. The molecular formula is C10H10FNO6S2. The van der Waals surface area contributed by atoms with Crippen molar-refractivity contribution in [2.24, 2.45) is 0 Å². The van der Waals surface area contributed by atoms with Crippen LogP contribution in [0.1, 0.15) is 10.4 Å². The van der Waals surface area contributed by atoms with Crippen molar-refractivity contribution in [2.45, 2.75) is 4.90 Å². The van der Waals surface area contributed by atoms with Gasteiger partial charge in [0.15, 0.2) is 0 Å². The summed E-state index contributed by atoms with van der Waals surface area (Å²) in [4.78, 5) is 20.6. The van der Waals surface area contributed by atoms with Gasteiger partial charge < -0.3 is 5.11 Å². The number of carboxylic acids is 1. The van der Waals surface area contributed by atoms with Crippen molar-refractivity contribution in [3.05, 3.63) is 33.6 Å². The standard InChI is InChI=1S/C10H10FNO6S2/c1-20(17,18)3-2-19-9-5-7(11)6(10(13)14)4-8(9)12(15)16/h4-5H,2-3H2,1H3,(H,13,14). The summed E-state index contributed by atoms with van der Waals surface area (Å²) in [5, 5.41) is 19.5. The molecule has 20 heavy (non-hydrogen) atoms. The van der Waals surface area contributed by atoms with Gasteiger partial charge in [-0.1, -0.05) is 0 Å². The summed E-state index contributed by atoms with van der Waals surface area (Å²) < 4.78 is 35.4. The Balaban J connectivity index is 3.09. The number of carboxylic acid groups (broad SMARTS) is 1. The topological polar surface area (TPSA) is 115 Å². The molecular weight excluding hydrogens is 313 g/mol. The molecule has 0 bridgehead atoms. The number of hydrogen-bond donors (Lipinski definition) is 1. The molecule has 0 spiro atoms. The Hall–Kier alpha value is -1.68. The molecule has 10 heteroatoms. The Kier molecular flexibility index (Phi) is 5.06. The van der Waals surface area contributed by atoms with Crippen molar-refractivity contribution in [3.8, 4) is 0 Å². The highest BCUT2D eigenvalue weighted by Gasteiger charge is 2.22. The first-order valence-electron chi connectivity index (χ1n) is 5.13. The number of hydrogen-bond acceptors (Lipinski definition) is 6. The molecule has 0 amide bonds. The molecule has 0 heterocycles. The quantitative estimate of drug-likeness (QED) is 0.480. The second-order valence-corrected chi connectivity index (χ2v) is 7.24. The van der Waals surface area contributed by atoms with Crippen LogP contribution >= 0.6 is 11.8 Å². The average molecular weight is 323 g/mol. The number of halogens is 1. The number of rotatable bonds is 6. The molecule has 0 unspecified atom stereocenters. The maximum atomic E-state index is 13.5. The van der Waals surface area contributed by atoms with E-state index in [-0.39, 0.29) is 16.4 Å². The zero-order chi connectivity index (χ0) is 15.5. The first-order chi connectivity index (χ1) is 9.11. The second kappa shape index (κ2) is 6.18. The van der Waals surface area contributed by atoms with E-state index in [0.29, 0.717) is 6.07 Å². The fourth-order valence-corrected chi connectivity index (χ4v) is 3.50. The Morgan fingerprint density at radius 3 is 2.55 bits per heavy atom. The van der Waals surface area contributed by atoms with Crippen LogP contribution in [0, 0.1) is 15.9 Å². The molecule has 1 rings (SSSR count). The fourth-order valence-electron chi connectivity index (χ4n) is 1.27. The maximum absolute atomic E-state index is 13.5. The van der Waals surface area contributed by atoms with Gasteiger partial charge in [0.25, 0.3) is 5.69 Å². The van der Waals surface area contributed by atoms with Crippen LogP contribution in [-0.2, 0) is 9.84 Å². The minimum atomic E-state index is -3.24. The van der Waals surface area contributed by atoms with E-state index in [1.54, 1.807) is 0 Å².